The van der Waals surface area contributed by atoms with E-state index in [9.17, 15) is 9.59 Å². The number of nitrogens with zero attached hydrogens (tertiary/aromatic N) is 4. The minimum absolute atomic E-state index is 0.0196. The molecule has 2 aromatic heterocycles. The maximum Gasteiger partial charge on any atom is 0.300 e. The van der Waals surface area contributed by atoms with Crippen LogP contribution in [0.3, 0.4) is 0 Å². The van der Waals surface area contributed by atoms with Crippen molar-refractivity contribution in [3.8, 4) is 11.4 Å². The Balaban J connectivity index is 1.41. The molecular formula is C25H26ClN5O3. The monoisotopic (exact) mass is 479 g/mol. The predicted octanol–water partition coefficient (Wildman–Crippen LogP) is 3.82. The summed E-state index contributed by atoms with van der Waals surface area (Å²) in [5, 5.41) is 11.9. The number of nitrogens with one attached hydrogen (secondary N) is 1. The lowest BCUT2D eigenvalue weighted by molar-refractivity contribution is -0.122. The van der Waals surface area contributed by atoms with Gasteiger partial charge in [-0.2, -0.15) is 0 Å². The van der Waals surface area contributed by atoms with E-state index in [0.717, 1.165) is 11.3 Å². The number of rotatable bonds is 9. The molecule has 0 saturated heterocycles. The van der Waals surface area contributed by atoms with E-state index >= 15 is 0 Å². The van der Waals surface area contributed by atoms with Crippen molar-refractivity contribution in [1.29, 1.82) is 0 Å². The average Bonchev–Trinajstić information content (AvgIpc) is 3.23. The molecule has 0 aliphatic carbocycles. The fraction of sp³-hybridized carbons (Fsp3) is 0.280. The third-order valence-corrected chi connectivity index (χ3v) is 5.69. The fourth-order valence-corrected chi connectivity index (χ4v) is 3.85. The smallest absolute Gasteiger partial charge is 0.300 e. The van der Waals surface area contributed by atoms with Crippen molar-refractivity contribution in [3.63, 3.8) is 0 Å². The van der Waals surface area contributed by atoms with Crippen LogP contribution in [0, 0.1) is 5.92 Å². The number of ether oxygens (including phenoxy) is 1. The van der Waals surface area contributed by atoms with Crippen LogP contribution in [-0.2, 0) is 17.8 Å². The van der Waals surface area contributed by atoms with Gasteiger partial charge in [-0.15, -0.1) is 10.2 Å². The number of halogens is 1. The molecule has 0 aliphatic rings. The second-order valence-electron chi connectivity index (χ2n) is 8.13. The maximum absolute atomic E-state index is 13.0. The molecule has 0 fully saturated rings. The van der Waals surface area contributed by atoms with Crippen LogP contribution in [0.2, 0.25) is 5.02 Å². The van der Waals surface area contributed by atoms with Gasteiger partial charge >= 0.3 is 5.56 Å². The molecule has 0 spiro atoms. The second kappa shape index (κ2) is 10.5. The molecule has 1 atom stereocenters. The summed E-state index contributed by atoms with van der Waals surface area (Å²) < 4.78 is 8.67. The van der Waals surface area contributed by atoms with Crippen LogP contribution in [0.25, 0.3) is 11.3 Å². The maximum atomic E-state index is 13.0. The summed E-state index contributed by atoms with van der Waals surface area (Å²) in [4.78, 5) is 25.4. The molecule has 0 aliphatic heterocycles. The number of hydrogen-bond donors (Lipinski definition) is 1. The summed E-state index contributed by atoms with van der Waals surface area (Å²) in [7, 11) is 0. The van der Waals surface area contributed by atoms with Gasteiger partial charge in [-0.1, -0.05) is 30.7 Å². The number of carbonyl (C=O) groups excluding carboxylic acids is 1. The van der Waals surface area contributed by atoms with Gasteiger partial charge in [0.1, 0.15) is 11.6 Å². The lowest BCUT2D eigenvalue weighted by atomic mass is 10.0. The zero-order valence-electron chi connectivity index (χ0n) is 19.1. The van der Waals surface area contributed by atoms with E-state index in [0.29, 0.717) is 42.5 Å². The van der Waals surface area contributed by atoms with Gasteiger partial charge in [0, 0.05) is 42.5 Å². The minimum Gasteiger partial charge on any atom is -0.494 e. The van der Waals surface area contributed by atoms with Crippen LogP contribution in [0.4, 0.5) is 0 Å². The molecule has 176 valence electrons. The van der Waals surface area contributed by atoms with Gasteiger partial charge < -0.3 is 10.1 Å². The van der Waals surface area contributed by atoms with Gasteiger partial charge in [0.05, 0.1) is 6.61 Å². The first-order valence-electron chi connectivity index (χ1n) is 11.1. The molecule has 2 heterocycles. The van der Waals surface area contributed by atoms with Crippen LogP contribution in [0.1, 0.15) is 31.7 Å². The number of amides is 1. The summed E-state index contributed by atoms with van der Waals surface area (Å²) >= 11 is 5.89. The Morgan fingerprint density at radius 2 is 1.82 bits per heavy atom. The Labute approximate surface area is 202 Å². The summed E-state index contributed by atoms with van der Waals surface area (Å²) in [5.74, 6) is 1.36. The van der Waals surface area contributed by atoms with Crippen LogP contribution >= 0.6 is 11.6 Å². The first-order chi connectivity index (χ1) is 16.4. The van der Waals surface area contributed by atoms with Crippen molar-refractivity contribution in [1.82, 2.24) is 24.5 Å². The zero-order chi connectivity index (χ0) is 24.1. The third-order valence-electron chi connectivity index (χ3n) is 5.44. The first-order valence-corrected chi connectivity index (χ1v) is 11.5. The van der Waals surface area contributed by atoms with Crippen molar-refractivity contribution < 1.29 is 9.53 Å². The Bertz CT molecular complexity index is 1330. The summed E-state index contributed by atoms with van der Waals surface area (Å²) in [6.45, 7) is 4.92. The zero-order valence-corrected chi connectivity index (χ0v) is 19.8. The van der Waals surface area contributed by atoms with Gasteiger partial charge in [-0.05, 0) is 54.8 Å². The van der Waals surface area contributed by atoms with E-state index in [4.69, 9.17) is 16.3 Å². The molecule has 4 rings (SSSR count). The van der Waals surface area contributed by atoms with Gasteiger partial charge in [0.15, 0.2) is 0 Å². The molecule has 34 heavy (non-hydrogen) atoms. The molecule has 0 bridgehead atoms. The number of carbonyl (C=O) groups is 1. The number of fused-ring (bicyclic) bond motifs is 1. The lowest BCUT2D eigenvalue weighted by Crippen LogP contribution is -2.25. The van der Waals surface area contributed by atoms with Crippen LogP contribution < -0.4 is 15.6 Å². The molecule has 1 amide bonds. The largest absolute Gasteiger partial charge is 0.494 e. The van der Waals surface area contributed by atoms with Crippen molar-refractivity contribution in [2.45, 2.75) is 33.2 Å². The van der Waals surface area contributed by atoms with E-state index in [1.54, 1.807) is 28.9 Å². The standard InChI is InChI=1S/C25H26ClN5O3/c1-3-34-21-10-8-20(9-11-21)30-12-13-31-22(28-29-24(31)25(30)33)14-17(2)15-23(32)27-16-18-4-6-19(26)7-5-18/h4-13,17H,3,14-16H2,1-2H3,(H,27,32). The van der Waals surface area contributed by atoms with Crippen molar-refractivity contribution in [3.05, 3.63) is 87.7 Å². The van der Waals surface area contributed by atoms with E-state index in [1.165, 1.54) is 4.57 Å². The summed E-state index contributed by atoms with van der Waals surface area (Å²) in [6, 6.07) is 14.7. The van der Waals surface area contributed by atoms with E-state index < -0.39 is 0 Å². The minimum atomic E-state index is -0.265. The second-order valence-corrected chi connectivity index (χ2v) is 8.56. The van der Waals surface area contributed by atoms with E-state index in [-0.39, 0.29) is 23.0 Å². The highest BCUT2D eigenvalue weighted by Gasteiger charge is 2.16. The molecule has 0 radical (unpaired) electrons. The average molecular weight is 480 g/mol. The quantitative estimate of drug-likeness (QED) is 0.394. The summed E-state index contributed by atoms with van der Waals surface area (Å²) in [6.07, 6.45) is 4.32. The third kappa shape index (κ3) is 5.46. The van der Waals surface area contributed by atoms with Crippen LogP contribution in [-0.4, -0.2) is 31.7 Å². The predicted molar refractivity (Wildman–Crippen MR) is 131 cm³/mol. The first kappa shape index (κ1) is 23.5. The Kier molecular flexibility index (Phi) is 7.27. The SMILES string of the molecule is CCOc1ccc(-n2ccn3c(CC(C)CC(=O)NCc4ccc(Cl)cc4)nnc3c2=O)cc1. The number of hydrogen-bond acceptors (Lipinski definition) is 5. The van der Waals surface area contributed by atoms with Gasteiger partial charge in [0.2, 0.25) is 11.6 Å². The fourth-order valence-electron chi connectivity index (χ4n) is 3.72. The molecule has 1 unspecified atom stereocenters. The molecule has 4 aromatic rings. The van der Waals surface area contributed by atoms with E-state index in [2.05, 4.69) is 15.5 Å². The van der Waals surface area contributed by atoms with Gasteiger partial charge in [-0.25, -0.2) is 0 Å². The van der Waals surface area contributed by atoms with Crippen molar-refractivity contribution >= 4 is 23.2 Å². The van der Waals surface area contributed by atoms with Crippen molar-refractivity contribution in [2.75, 3.05) is 6.61 Å². The Morgan fingerprint density at radius 1 is 1.09 bits per heavy atom. The van der Waals surface area contributed by atoms with E-state index in [1.807, 2.05) is 50.2 Å². The highest BCUT2D eigenvalue weighted by atomic mass is 35.5. The molecule has 9 heteroatoms. The highest BCUT2D eigenvalue weighted by molar-refractivity contribution is 6.30. The number of aromatic nitrogens is 4. The summed E-state index contributed by atoms with van der Waals surface area (Å²) in [5.41, 5.74) is 1.67. The molecule has 8 nitrogen and oxygen atoms in total. The number of benzene rings is 2. The molecule has 0 saturated carbocycles. The molecular weight excluding hydrogens is 454 g/mol. The lowest BCUT2D eigenvalue weighted by Gasteiger charge is -2.11. The van der Waals surface area contributed by atoms with Crippen molar-refractivity contribution in [2.24, 2.45) is 5.92 Å². The van der Waals surface area contributed by atoms with Crippen LogP contribution in [0.15, 0.2) is 65.7 Å². The topological polar surface area (TPSA) is 90.5 Å². The van der Waals surface area contributed by atoms with Gasteiger partial charge in [0.25, 0.3) is 0 Å². The van der Waals surface area contributed by atoms with Gasteiger partial charge in [-0.3, -0.25) is 18.6 Å². The highest BCUT2D eigenvalue weighted by Crippen LogP contribution is 2.16. The molecule has 1 N–H and O–H groups in total. The Morgan fingerprint density at radius 3 is 2.53 bits per heavy atom. The Hall–Kier alpha value is -3.65. The normalized spacial score (nSPS) is 12.0. The molecule has 2 aromatic carbocycles. The van der Waals surface area contributed by atoms with Crippen LogP contribution in [0.5, 0.6) is 5.75 Å².